The maximum absolute atomic E-state index is 12.5. The summed E-state index contributed by atoms with van der Waals surface area (Å²) in [4.78, 5) is 13.4. The van der Waals surface area contributed by atoms with Gasteiger partial charge in [-0.3, -0.25) is 4.79 Å². The Balaban J connectivity index is 1.73. The molecular formula is C18H21NOS. The summed E-state index contributed by atoms with van der Waals surface area (Å²) in [6.45, 7) is 2.30. The molecular weight excluding hydrogens is 278 g/mol. The molecule has 1 aromatic carbocycles. The highest BCUT2D eigenvalue weighted by Gasteiger charge is 2.22. The van der Waals surface area contributed by atoms with Gasteiger partial charge < -0.3 is 5.32 Å². The molecule has 1 saturated carbocycles. The molecule has 1 aliphatic rings. The lowest BCUT2D eigenvalue weighted by Crippen LogP contribution is -2.37. The molecule has 3 rings (SSSR count). The van der Waals surface area contributed by atoms with Crippen molar-refractivity contribution in [2.45, 2.75) is 38.6 Å². The second-order valence-corrected chi connectivity index (χ2v) is 6.88. The van der Waals surface area contributed by atoms with Crippen molar-refractivity contribution in [1.29, 1.82) is 0 Å². The van der Waals surface area contributed by atoms with Gasteiger partial charge in [0.1, 0.15) is 0 Å². The van der Waals surface area contributed by atoms with Crippen LogP contribution in [0.3, 0.4) is 0 Å². The fourth-order valence-corrected chi connectivity index (χ4v) is 3.80. The second-order valence-electron chi connectivity index (χ2n) is 5.96. The topological polar surface area (TPSA) is 29.1 Å². The van der Waals surface area contributed by atoms with Crippen LogP contribution in [-0.2, 0) is 0 Å². The monoisotopic (exact) mass is 299 g/mol. The van der Waals surface area contributed by atoms with Crippen molar-refractivity contribution in [3.05, 3.63) is 46.7 Å². The number of thiophene rings is 1. The second kappa shape index (κ2) is 6.44. The average Bonchev–Trinajstić information content (AvgIpc) is 3.00. The number of benzene rings is 1. The highest BCUT2D eigenvalue weighted by atomic mass is 32.1. The smallest absolute Gasteiger partial charge is 0.262 e. The highest BCUT2D eigenvalue weighted by Crippen LogP contribution is 2.29. The van der Waals surface area contributed by atoms with Crippen molar-refractivity contribution in [2.24, 2.45) is 5.92 Å². The van der Waals surface area contributed by atoms with Crippen LogP contribution in [0.25, 0.3) is 11.1 Å². The lowest BCUT2D eigenvalue weighted by Gasteiger charge is -2.26. The maximum atomic E-state index is 12.5. The summed E-state index contributed by atoms with van der Waals surface area (Å²) < 4.78 is 0. The van der Waals surface area contributed by atoms with E-state index in [0.717, 1.165) is 34.8 Å². The van der Waals surface area contributed by atoms with Crippen LogP contribution in [0, 0.1) is 5.92 Å². The van der Waals surface area contributed by atoms with E-state index < -0.39 is 0 Å². The quantitative estimate of drug-likeness (QED) is 0.872. The highest BCUT2D eigenvalue weighted by molar-refractivity contribution is 7.12. The normalized spacial score (nSPS) is 22.0. The molecule has 1 fully saturated rings. The van der Waals surface area contributed by atoms with Gasteiger partial charge >= 0.3 is 0 Å². The number of hydrogen-bond donors (Lipinski definition) is 1. The van der Waals surface area contributed by atoms with Crippen molar-refractivity contribution in [1.82, 2.24) is 5.32 Å². The van der Waals surface area contributed by atoms with Crippen molar-refractivity contribution >= 4 is 17.2 Å². The number of nitrogens with one attached hydrogen (secondary N) is 1. The van der Waals surface area contributed by atoms with Crippen LogP contribution in [-0.4, -0.2) is 11.9 Å². The van der Waals surface area contributed by atoms with Gasteiger partial charge in [0.25, 0.3) is 5.91 Å². The fraction of sp³-hybridized carbons (Fsp3) is 0.389. The zero-order chi connectivity index (χ0) is 14.7. The lowest BCUT2D eigenvalue weighted by atomic mass is 9.87. The molecule has 0 atom stereocenters. The van der Waals surface area contributed by atoms with E-state index in [-0.39, 0.29) is 5.91 Å². The van der Waals surface area contributed by atoms with Crippen LogP contribution in [0.5, 0.6) is 0 Å². The molecule has 2 nitrogen and oxygen atoms in total. The third-order valence-corrected chi connectivity index (χ3v) is 5.22. The Morgan fingerprint density at radius 1 is 1.10 bits per heavy atom. The molecule has 1 N–H and O–H groups in total. The number of hydrogen-bond acceptors (Lipinski definition) is 2. The van der Waals surface area contributed by atoms with Gasteiger partial charge in [0.2, 0.25) is 0 Å². The molecule has 0 bridgehead atoms. The molecule has 3 heteroatoms. The minimum Gasteiger partial charge on any atom is -0.349 e. The standard InChI is InChI=1S/C18H21NOS/c1-13-7-9-15(10-8-13)19-18(20)17-16(11-12-21-17)14-5-3-2-4-6-14/h2-6,11-13,15H,7-10H2,1H3,(H,19,20). The van der Waals surface area contributed by atoms with Gasteiger partial charge in [-0.2, -0.15) is 0 Å². The Morgan fingerprint density at radius 3 is 2.52 bits per heavy atom. The number of amides is 1. The first-order chi connectivity index (χ1) is 10.2. The molecule has 0 saturated heterocycles. The summed E-state index contributed by atoms with van der Waals surface area (Å²) in [7, 11) is 0. The zero-order valence-corrected chi connectivity index (χ0v) is 13.2. The Bertz CT molecular complexity index is 597. The van der Waals surface area contributed by atoms with Crippen LogP contribution in [0.15, 0.2) is 41.8 Å². The third-order valence-electron chi connectivity index (χ3n) is 4.31. The largest absolute Gasteiger partial charge is 0.349 e. The van der Waals surface area contributed by atoms with Crippen molar-refractivity contribution in [3.8, 4) is 11.1 Å². The summed E-state index contributed by atoms with van der Waals surface area (Å²) in [5.74, 6) is 0.892. The summed E-state index contributed by atoms with van der Waals surface area (Å²) in [5.41, 5.74) is 2.16. The summed E-state index contributed by atoms with van der Waals surface area (Å²) >= 11 is 1.53. The first-order valence-electron chi connectivity index (χ1n) is 7.68. The van der Waals surface area contributed by atoms with Crippen molar-refractivity contribution in [2.75, 3.05) is 0 Å². The molecule has 21 heavy (non-hydrogen) atoms. The molecule has 1 amide bonds. The molecule has 1 aromatic heterocycles. The molecule has 0 unspecified atom stereocenters. The minimum absolute atomic E-state index is 0.0865. The molecule has 1 heterocycles. The lowest BCUT2D eigenvalue weighted by molar-refractivity contribution is 0.0927. The van der Waals surface area contributed by atoms with Gasteiger partial charge in [0, 0.05) is 11.6 Å². The van der Waals surface area contributed by atoms with Crippen molar-refractivity contribution in [3.63, 3.8) is 0 Å². The molecule has 1 aliphatic carbocycles. The molecule has 2 aromatic rings. The average molecular weight is 299 g/mol. The van der Waals surface area contributed by atoms with E-state index in [1.54, 1.807) is 0 Å². The summed E-state index contributed by atoms with van der Waals surface area (Å²) in [6, 6.07) is 12.5. The first-order valence-corrected chi connectivity index (χ1v) is 8.56. The Labute approximate surface area is 130 Å². The molecule has 0 aliphatic heterocycles. The molecule has 110 valence electrons. The van der Waals surface area contributed by atoms with E-state index in [9.17, 15) is 4.79 Å². The van der Waals surface area contributed by atoms with E-state index in [2.05, 4.69) is 24.4 Å². The predicted molar refractivity (Wildman–Crippen MR) is 88.6 cm³/mol. The number of carbonyl (C=O) groups is 1. The molecule has 0 radical (unpaired) electrons. The van der Waals surface area contributed by atoms with Gasteiger partial charge in [0.15, 0.2) is 0 Å². The Hall–Kier alpha value is -1.61. The van der Waals surface area contributed by atoms with Gasteiger partial charge in [-0.15, -0.1) is 11.3 Å². The molecule has 0 spiro atoms. The van der Waals surface area contributed by atoms with Crippen LogP contribution < -0.4 is 5.32 Å². The van der Waals surface area contributed by atoms with Gasteiger partial charge in [0.05, 0.1) is 4.88 Å². The predicted octanol–water partition coefficient (Wildman–Crippen LogP) is 4.72. The van der Waals surface area contributed by atoms with Crippen LogP contribution in [0.1, 0.15) is 42.3 Å². The van der Waals surface area contributed by atoms with Crippen molar-refractivity contribution < 1.29 is 4.79 Å². The fourth-order valence-electron chi connectivity index (χ4n) is 2.99. The van der Waals surface area contributed by atoms with E-state index in [1.807, 2.05) is 29.6 Å². The van der Waals surface area contributed by atoms with E-state index >= 15 is 0 Å². The van der Waals surface area contributed by atoms with Crippen LogP contribution >= 0.6 is 11.3 Å². The maximum Gasteiger partial charge on any atom is 0.262 e. The zero-order valence-electron chi connectivity index (χ0n) is 12.3. The number of carbonyl (C=O) groups excluding carboxylic acids is 1. The number of rotatable bonds is 3. The van der Waals surface area contributed by atoms with E-state index in [4.69, 9.17) is 0 Å². The van der Waals surface area contributed by atoms with Crippen LogP contribution in [0.4, 0.5) is 0 Å². The van der Waals surface area contributed by atoms with E-state index in [1.165, 1.54) is 24.2 Å². The summed E-state index contributed by atoms with van der Waals surface area (Å²) in [6.07, 6.45) is 4.67. The van der Waals surface area contributed by atoms with Gasteiger partial charge in [-0.1, -0.05) is 37.3 Å². The SMILES string of the molecule is CC1CCC(NC(=O)c2sccc2-c2ccccc2)CC1. The van der Waals surface area contributed by atoms with Gasteiger partial charge in [-0.05, 0) is 48.6 Å². The minimum atomic E-state index is 0.0865. The Morgan fingerprint density at radius 2 is 1.81 bits per heavy atom. The summed E-state index contributed by atoms with van der Waals surface area (Å²) in [5, 5.41) is 5.22. The van der Waals surface area contributed by atoms with Crippen LogP contribution in [0.2, 0.25) is 0 Å². The Kier molecular flexibility index (Phi) is 4.39. The van der Waals surface area contributed by atoms with Gasteiger partial charge in [-0.25, -0.2) is 0 Å². The first kappa shape index (κ1) is 14.3. The van der Waals surface area contributed by atoms with E-state index in [0.29, 0.717) is 6.04 Å². The third kappa shape index (κ3) is 3.35.